The summed E-state index contributed by atoms with van der Waals surface area (Å²) < 4.78 is 5.47. The van der Waals surface area contributed by atoms with E-state index in [2.05, 4.69) is 17.6 Å². The van der Waals surface area contributed by atoms with Crippen LogP contribution >= 0.6 is 0 Å². The zero-order valence-corrected chi connectivity index (χ0v) is 27.0. The molecule has 0 fully saturated rings. The second-order valence-corrected chi connectivity index (χ2v) is 12.5. The number of unbranched alkanes of at least 4 members (excludes halogenated alkanes) is 4. The predicted molar refractivity (Wildman–Crippen MR) is 169 cm³/mol. The van der Waals surface area contributed by atoms with E-state index in [0.717, 1.165) is 36.8 Å². The van der Waals surface area contributed by atoms with Crippen LogP contribution in [0.2, 0.25) is 0 Å². The number of benzene rings is 2. The Morgan fingerprint density at radius 2 is 1.48 bits per heavy atom. The van der Waals surface area contributed by atoms with Gasteiger partial charge in [-0.1, -0.05) is 82.9 Å². The van der Waals surface area contributed by atoms with E-state index in [1.165, 1.54) is 4.90 Å². The Labute approximate surface area is 252 Å². The maximum absolute atomic E-state index is 14.4. The minimum atomic E-state index is -1.13. The van der Waals surface area contributed by atoms with Gasteiger partial charge in [0.2, 0.25) is 5.91 Å². The van der Waals surface area contributed by atoms with Crippen LogP contribution in [0.5, 0.6) is 5.75 Å². The first-order chi connectivity index (χ1) is 19.7. The van der Waals surface area contributed by atoms with Crippen molar-refractivity contribution < 1.29 is 24.2 Å². The van der Waals surface area contributed by atoms with Gasteiger partial charge in [0.15, 0.2) is 0 Å². The summed E-state index contributed by atoms with van der Waals surface area (Å²) in [5, 5.41) is 17.0. The Morgan fingerprint density at radius 3 is 2.05 bits per heavy atom. The Morgan fingerprint density at radius 1 is 0.905 bits per heavy atom. The minimum Gasteiger partial charge on any atom is -0.507 e. The average molecular weight is 582 g/mol. The molecule has 2 aromatic carbocycles. The Bertz CT molecular complexity index is 1200. The number of phenolic OH excluding ortho intramolecular Hbond substituents is 1. The number of ether oxygens (including phenoxy) is 1. The standard InChI is InChI=1S/C34H51N3O5/c1-10-11-12-13-14-21-37(32(40)27(22(2)3)36-33(41)42-34(7,8)9)29(26-20-16-19-25(6)30(26)38)31(39)35-28-23(4)17-15-18-24(28)5/h15-20,22,27,29,38H,10-14,21H2,1-9H3,(H,35,39)(H,36,41). The smallest absolute Gasteiger partial charge is 0.408 e. The number of hydrogen-bond acceptors (Lipinski definition) is 5. The third-order valence-corrected chi connectivity index (χ3v) is 7.24. The third-order valence-electron chi connectivity index (χ3n) is 7.24. The summed E-state index contributed by atoms with van der Waals surface area (Å²) in [6, 6.07) is 8.88. The van der Waals surface area contributed by atoms with Crippen molar-refractivity contribution in [3.63, 3.8) is 0 Å². The van der Waals surface area contributed by atoms with E-state index < -0.39 is 35.6 Å². The molecule has 2 rings (SSSR count). The molecule has 0 radical (unpaired) electrons. The van der Waals surface area contributed by atoms with E-state index in [4.69, 9.17) is 4.74 Å². The molecule has 2 aromatic rings. The summed E-state index contributed by atoms with van der Waals surface area (Å²) in [7, 11) is 0. The highest BCUT2D eigenvalue weighted by atomic mass is 16.6. The summed E-state index contributed by atoms with van der Waals surface area (Å²) in [6.07, 6.45) is 4.02. The average Bonchev–Trinajstić information content (AvgIpc) is 2.89. The van der Waals surface area contributed by atoms with Crippen molar-refractivity contribution in [2.75, 3.05) is 11.9 Å². The van der Waals surface area contributed by atoms with Crippen molar-refractivity contribution in [2.24, 2.45) is 5.92 Å². The van der Waals surface area contributed by atoms with Crippen LogP contribution in [0, 0.1) is 26.7 Å². The van der Waals surface area contributed by atoms with Gasteiger partial charge in [0.05, 0.1) is 0 Å². The molecule has 2 unspecified atom stereocenters. The van der Waals surface area contributed by atoms with Gasteiger partial charge in [-0.25, -0.2) is 4.79 Å². The molecule has 0 aliphatic heterocycles. The largest absolute Gasteiger partial charge is 0.507 e. The van der Waals surface area contributed by atoms with Gasteiger partial charge < -0.3 is 25.4 Å². The third kappa shape index (κ3) is 9.78. The van der Waals surface area contributed by atoms with Crippen LogP contribution in [-0.4, -0.2) is 46.1 Å². The molecule has 42 heavy (non-hydrogen) atoms. The molecule has 0 heterocycles. The van der Waals surface area contributed by atoms with E-state index in [1.807, 2.05) is 45.9 Å². The molecule has 0 spiro atoms. The number of nitrogens with one attached hydrogen (secondary N) is 2. The van der Waals surface area contributed by atoms with Gasteiger partial charge in [0.1, 0.15) is 23.4 Å². The fraction of sp³-hybridized carbons (Fsp3) is 0.559. The molecule has 0 aliphatic rings. The molecule has 0 saturated heterocycles. The molecule has 0 aliphatic carbocycles. The highest BCUT2D eigenvalue weighted by Gasteiger charge is 2.38. The van der Waals surface area contributed by atoms with Gasteiger partial charge in [-0.05, 0) is 70.6 Å². The first kappa shape index (κ1) is 34.7. The SMILES string of the molecule is CCCCCCCN(C(=O)C(NC(=O)OC(C)(C)C)C(C)C)C(C(=O)Nc1c(C)cccc1C)c1cccc(C)c1O. The first-order valence-corrected chi connectivity index (χ1v) is 15.1. The van der Waals surface area contributed by atoms with E-state index in [-0.39, 0.29) is 18.2 Å². The summed E-state index contributed by atoms with van der Waals surface area (Å²) in [5.41, 5.74) is 2.64. The van der Waals surface area contributed by atoms with E-state index in [1.54, 1.807) is 45.9 Å². The van der Waals surface area contributed by atoms with Crippen LogP contribution in [0.15, 0.2) is 36.4 Å². The highest BCUT2D eigenvalue weighted by Crippen LogP contribution is 2.34. The quantitative estimate of drug-likeness (QED) is 0.214. The summed E-state index contributed by atoms with van der Waals surface area (Å²) >= 11 is 0. The number of carbonyl (C=O) groups excluding carboxylic acids is 3. The maximum atomic E-state index is 14.4. The zero-order chi connectivity index (χ0) is 31.6. The van der Waals surface area contributed by atoms with Crippen LogP contribution in [0.4, 0.5) is 10.5 Å². The monoisotopic (exact) mass is 581 g/mol. The number of hydrogen-bond donors (Lipinski definition) is 3. The van der Waals surface area contributed by atoms with Crippen molar-refractivity contribution in [3.05, 3.63) is 58.7 Å². The first-order valence-electron chi connectivity index (χ1n) is 15.1. The lowest BCUT2D eigenvalue weighted by molar-refractivity contribution is -0.141. The minimum absolute atomic E-state index is 0.0378. The lowest BCUT2D eigenvalue weighted by atomic mass is 9.96. The van der Waals surface area contributed by atoms with Gasteiger partial charge in [0, 0.05) is 17.8 Å². The molecule has 8 heteroatoms. The fourth-order valence-electron chi connectivity index (χ4n) is 4.94. The summed E-state index contributed by atoms with van der Waals surface area (Å²) in [6.45, 7) is 17.0. The highest BCUT2D eigenvalue weighted by molar-refractivity contribution is 6.00. The number of nitrogens with zero attached hydrogens (tertiary/aromatic N) is 1. The lowest BCUT2D eigenvalue weighted by Crippen LogP contribution is -2.54. The van der Waals surface area contributed by atoms with Crippen molar-refractivity contribution in [2.45, 2.75) is 112 Å². The molecular formula is C34H51N3O5. The number of anilines is 1. The molecule has 3 amide bonds. The number of para-hydroxylation sites is 2. The van der Waals surface area contributed by atoms with E-state index in [9.17, 15) is 19.5 Å². The van der Waals surface area contributed by atoms with Crippen LogP contribution < -0.4 is 10.6 Å². The number of alkyl carbamates (subject to hydrolysis) is 1. The number of aryl methyl sites for hydroxylation is 3. The van der Waals surface area contributed by atoms with Gasteiger partial charge >= 0.3 is 6.09 Å². The molecule has 0 saturated carbocycles. The molecule has 232 valence electrons. The van der Waals surface area contributed by atoms with Crippen LogP contribution in [0.3, 0.4) is 0 Å². The van der Waals surface area contributed by atoms with Gasteiger partial charge in [-0.3, -0.25) is 9.59 Å². The Balaban J connectivity index is 2.62. The van der Waals surface area contributed by atoms with Crippen molar-refractivity contribution in [3.8, 4) is 5.75 Å². The van der Waals surface area contributed by atoms with Crippen molar-refractivity contribution >= 4 is 23.6 Å². The van der Waals surface area contributed by atoms with Gasteiger partial charge in [0.25, 0.3) is 5.91 Å². The number of aromatic hydroxyl groups is 1. The Hall–Kier alpha value is -3.55. The second kappa shape index (κ2) is 15.6. The summed E-state index contributed by atoms with van der Waals surface area (Å²) in [4.78, 5) is 43.0. The number of amides is 3. The maximum Gasteiger partial charge on any atom is 0.408 e. The Kier molecular flexibility index (Phi) is 12.9. The predicted octanol–water partition coefficient (Wildman–Crippen LogP) is 7.35. The molecule has 8 nitrogen and oxygen atoms in total. The lowest BCUT2D eigenvalue weighted by Gasteiger charge is -2.36. The topological polar surface area (TPSA) is 108 Å². The summed E-state index contributed by atoms with van der Waals surface area (Å²) in [5.74, 6) is -1.17. The fourth-order valence-corrected chi connectivity index (χ4v) is 4.94. The van der Waals surface area contributed by atoms with Crippen molar-refractivity contribution in [1.29, 1.82) is 0 Å². The molecule has 0 aromatic heterocycles. The van der Waals surface area contributed by atoms with Crippen LogP contribution in [0.25, 0.3) is 0 Å². The molecule has 0 bridgehead atoms. The number of phenols is 1. The normalized spacial score (nSPS) is 12.9. The van der Waals surface area contributed by atoms with Crippen LogP contribution in [-0.2, 0) is 14.3 Å². The second-order valence-electron chi connectivity index (χ2n) is 12.5. The van der Waals surface area contributed by atoms with Gasteiger partial charge in [-0.15, -0.1) is 0 Å². The van der Waals surface area contributed by atoms with Crippen LogP contribution in [0.1, 0.15) is 102 Å². The zero-order valence-electron chi connectivity index (χ0n) is 27.0. The molecule has 2 atom stereocenters. The van der Waals surface area contributed by atoms with E-state index in [0.29, 0.717) is 23.2 Å². The molecule has 3 N–H and O–H groups in total. The van der Waals surface area contributed by atoms with E-state index >= 15 is 0 Å². The number of carbonyl (C=O) groups is 3. The number of rotatable bonds is 13. The molecular weight excluding hydrogens is 530 g/mol. The van der Waals surface area contributed by atoms with Gasteiger partial charge in [-0.2, -0.15) is 0 Å². The van der Waals surface area contributed by atoms with Crippen molar-refractivity contribution in [1.82, 2.24) is 10.2 Å².